The number of nitrogens with zero attached hydrogens (tertiary/aromatic N) is 5. The van der Waals surface area contributed by atoms with E-state index in [2.05, 4.69) is 16.9 Å². The first-order chi connectivity index (χ1) is 19.1. The summed E-state index contributed by atoms with van der Waals surface area (Å²) in [5, 5.41) is 13.6. The van der Waals surface area contributed by atoms with E-state index in [-0.39, 0.29) is 12.4 Å². The third-order valence-electron chi connectivity index (χ3n) is 7.76. The summed E-state index contributed by atoms with van der Waals surface area (Å²) < 4.78 is 57.8. The fraction of sp³-hybridized carbons (Fsp3) is 0.429. The molecule has 3 heterocycles. The molecule has 0 radical (unpaired) electrons. The van der Waals surface area contributed by atoms with E-state index in [4.69, 9.17) is 11.6 Å². The van der Waals surface area contributed by atoms with Crippen molar-refractivity contribution >= 4 is 28.9 Å². The first-order valence-corrected chi connectivity index (χ1v) is 13.6. The van der Waals surface area contributed by atoms with Crippen LogP contribution in [0.5, 0.6) is 0 Å². The molecule has 0 spiro atoms. The molecule has 1 atom stereocenters. The maximum Gasteiger partial charge on any atom is 0.433 e. The molecule has 0 bridgehead atoms. The number of piperidine rings is 1. The van der Waals surface area contributed by atoms with Crippen molar-refractivity contribution in [3.63, 3.8) is 0 Å². The van der Waals surface area contributed by atoms with Crippen molar-refractivity contribution < 1.29 is 27.5 Å². The summed E-state index contributed by atoms with van der Waals surface area (Å²) >= 11 is 6.34. The number of halogens is 5. The minimum atomic E-state index is -4.88. The van der Waals surface area contributed by atoms with Crippen LogP contribution in [0.1, 0.15) is 41.9 Å². The number of benzene rings is 2. The van der Waals surface area contributed by atoms with Gasteiger partial charge in [-0.05, 0) is 49.2 Å². The molecule has 0 amide bonds. The summed E-state index contributed by atoms with van der Waals surface area (Å²) in [5.41, 5.74) is 0.399. The van der Waals surface area contributed by atoms with Gasteiger partial charge in [0.15, 0.2) is 5.69 Å². The highest BCUT2D eigenvalue weighted by atomic mass is 35.5. The highest BCUT2D eigenvalue weighted by Crippen LogP contribution is 2.40. The van der Waals surface area contributed by atoms with Crippen LogP contribution >= 0.6 is 11.6 Å². The smallest absolute Gasteiger partial charge is 0.433 e. The van der Waals surface area contributed by atoms with Crippen molar-refractivity contribution in [1.82, 2.24) is 14.7 Å². The third-order valence-corrected chi connectivity index (χ3v) is 7.99. The maximum atomic E-state index is 15.4. The van der Waals surface area contributed by atoms with Gasteiger partial charge in [0.05, 0.1) is 17.9 Å². The summed E-state index contributed by atoms with van der Waals surface area (Å²) in [4.78, 5) is 17.7. The van der Waals surface area contributed by atoms with Gasteiger partial charge in [0.25, 0.3) is 0 Å². The molecule has 2 fully saturated rings. The second-order valence-electron chi connectivity index (χ2n) is 10.1. The lowest BCUT2D eigenvalue weighted by atomic mass is 9.98. The van der Waals surface area contributed by atoms with Gasteiger partial charge in [-0.2, -0.15) is 18.3 Å². The zero-order valence-electron chi connectivity index (χ0n) is 22.0. The molecule has 1 N–H and O–H groups in total. The van der Waals surface area contributed by atoms with Gasteiger partial charge in [-0.1, -0.05) is 30.7 Å². The van der Waals surface area contributed by atoms with Gasteiger partial charge in [-0.3, -0.25) is 4.68 Å². The van der Waals surface area contributed by atoms with Gasteiger partial charge in [-0.25, -0.2) is 9.18 Å². The Morgan fingerprint density at radius 1 is 1.05 bits per heavy atom. The van der Waals surface area contributed by atoms with E-state index in [1.165, 1.54) is 6.07 Å². The predicted octanol–water partition coefficient (Wildman–Crippen LogP) is 6.04. The number of hydrogen-bond acceptors (Lipinski definition) is 5. The first kappa shape index (κ1) is 28.2. The van der Waals surface area contributed by atoms with Gasteiger partial charge >= 0.3 is 12.1 Å². The Balaban J connectivity index is 1.44. The van der Waals surface area contributed by atoms with Crippen molar-refractivity contribution in [3.8, 4) is 11.1 Å². The third kappa shape index (κ3) is 5.62. The molecule has 0 aliphatic carbocycles. The summed E-state index contributed by atoms with van der Waals surface area (Å²) in [6, 6.07) is 9.62. The summed E-state index contributed by atoms with van der Waals surface area (Å²) in [6.07, 6.45) is -3.18. The Kier molecular flexibility index (Phi) is 7.96. The van der Waals surface area contributed by atoms with Crippen LogP contribution in [-0.4, -0.2) is 71.6 Å². The van der Waals surface area contributed by atoms with Crippen LogP contribution in [0.3, 0.4) is 0 Å². The number of hydrogen-bond donors (Lipinski definition) is 1. The molecule has 7 nitrogen and oxygen atoms in total. The van der Waals surface area contributed by atoms with Crippen LogP contribution in [0.2, 0.25) is 5.02 Å². The standard InChI is InChI=1S/C28H30ClF4N5O2/c1-2-35-10-12-36(13-11-35)24-8-5-18(14-23(24)30)21-7-6-19(29)15-25(21)37-9-3-4-20(17-37)38-26(28(31,32)33)22(16-34-38)27(39)40/h5-8,14-16,20H,2-4,9-13,17H2,1H3,(H,39,40). The second kappa shape index (κ2) is 11.3. The number of likely N-dealkylation sites (N-methyl/N-ethyl adjacent to an activating group) is 1. The molecule has 2 aliphatic heterocycles. The van der Waals surface area contributed by atoms with E-state index < -0.39 is 29.4 Å². The van der Waals surface area contributed by atoms with Crippen LogP contribution in [0.25, 0.3) is 11.1 Å². The highest BCUT2D eigenvalue weighted by Gasteiger charge is 2.42. The first-order valence-electron chi connectivity index (χ1n) is 13.3. The summed E-state index contributed by atoms with van der Waals surface area (Å²) in [5.74, 6) is -2.02. The number of piperazine rings is 1. The Bertz CT molecular complexity index is 1390. The Morgan fingerprint density at radius 3 is 2.45 bits per heavy atom. The van der Waals surface area contributed by atoms with Crippen LogP contribution in [0.15, 0.2) is 42.6 Å². The lowest BCUT2D eigenvalue weighted by molar-refractivity contribution is -0.145. The Morgan fingerprint density at radius 2 is 1.80 bits per heavy atom. The van der Waals surface area contributed by atoms with Crippen LogP contribution in [-0.2, 0) is 6.18 Å². The number of rotatable bonds is 6. The van der Waals surface area contributed by atoms with Gasteiger partial charge in [0.2, 0.25) is 0 Å². The molecule has 2 aliphatic rings. The number of anilines is 2. The quantitative estimate of drug-likeness (QED) is 0.359. The molecule has 2 aromatic carbocycles. The zero-order chi connectivity index (χ0) is 28.6. The molecule has 2 saturated heterocycles. The lowest BCUT2D eigenvalue weighted by Gasteiger charge is -2.37. The molecular formula is C28H30ClF4N5O2. The number of aromatic nitrogens is 2. The SMILES string of the molecule is CCN1CCN(c2ccc(-c3ccc(Cl)cc3N3CCCC(n4ncc(C(=O)O)c4C(F)(F)F)C3)cc2F)CC1. The van der Waals surface area contributed by atoms with Gasteiger partial charge in [0, 0.05) is 55.5 Å². The Hall–Kier alpha value is -3.31. The van der Waals surface area contributed by atoms with Crippen molar-refractivity contribution in [2.24, 2.45) is 0 Å². The van der Waals surface area contributed by atoms with E-state index in [1.807, 2.05) is 15.9 Å². The summed E-state index contributed by atoms with van der Waals surface area (Å²) in [7, 11) is 0. The molecular weight excluding hydrogens is 550 g/mol. The monoisotopic (exact) mass is 579 g/mol. The topological polar surface area (TPSA) is 64.8 Å². The number of carbonyl (C=O) groups is 1. The van der Waals surface area contributed by atoms with E-state index in [1.54, 1.807) is 24.3 Å². The van der Waals surface area contributed by atoms with E-state index in [0.717, 1.165) is 43.6 Å². The fourth-order valence-corrected chi connectivity index (χ4v) is 5.86. The molecule has 3 aromatic rings. The molecule has 0 saturated carbocycles. The van der Waals surface area contributed by atoms with Crippen molar-refractivity contribution in [1.29, 1.82) is 0 Å². The molecule has 1 unspecified atom stereocenters. The second-order valence-corrected chi connectivity index (χ2v) is 10.6. The Labute approximate surface area is 234 Å². The van der Waals surface area contributed by atoms with Crippen molar-refractivity contribution in [2.75, 3.05) is 55.6 Å². The number of alkyl halides is 3. The van der Waals surface area contributed by atoms with Crippen molar-refractivity contribution in [3.05, 3.63) is 64.7 Å². The highest BCUT2D eigenvalue weighted by molar-refractivity contribution is 6.31. The van der Waals surface area contributed by atoms with Crippen LogP contribution in [0.4, 0.5) is 28.9 Å². The fourth-order valence-electron chi connectivity index (χ4n) is 5.70. The number of aromatic carboxylic acids is 1. The van der Waals surface area contributed by atoms with Crippen LogP contribution in [0, 0.1) is 5.82 Å². The average molecular weight is 580 g/mol. The van der Waals surface area contributed by atoms with Gasteiger partial charge < -0.3 is 19.8 Å². The van der Waals surface area contributed by atoms with Crippen LogP contribution < -0.4 is 9.80 Å². The normalized spacial score (nSPS) is 18.8. The molecule has 5 rings (SSSR count). The largest absolute Gasteiger partial charge is 0.478 e. The predicted molar refractivity (Wildman–Crippen MR) is 146 cm³/mol. The van der Waals surface area contributed by atoms with Crippen molar-refractivity contribution in [2.45, 2.75) is 32.0 Å². The molecule has 1 aromatic heterocycles. The molecule has 214 valence electrons. The van der Waals surface area contributed by atoms with E-state index in [9.17, 15) is 23.1 Å². The maximum absolute atomic E-state index is 15.4. The lowest BCUT2D eigenvalue weighted by Crippen LogP contribution is -2.46. The van der Waals surface area contributed by atoms with E-state index >= 15 is 4.39 Å². The summed E-state index contributed by atoms with van der Waals surface area (Å²) in [6.45, 7) is 6.98. The van der Waals surface area contributed by atoms with Gasteiger partial charge in [-0.15, -0.1) is 0 Å². The minimum Gasteiger partial charge on any atom is -0.478 e. The number of carboxylic acids is 1. The number of carboxylic acid groups (broad SMARTS) is 1. The minimum absolute atomic E-state index is 0.152. The molecule has 40 heavy (non-hydrogen) atoms. The zero-order valence-corrected chi connectivity index (χ0v) is 22.7. The van der Waals surface area contributed by atoms with E-state index in [0.29, 0.717) is 46.9 Å². The molecule has 12 heteroatoms. The average Bonchev–Trinajstić information content (AvgIpc) is 3.40. The van der Waals surface area contributed by atoms with Gasteiger partial charge in [0.1, 0.15) is 11.4 Å².